The van der Waals surface area contributed by atoms with E-state index >= 15 is 0 Å². The molecule has 2 N–H and O–H groups in total. The van der Waals surface area contributed by atoms with E-state index in [0.717, 1.165) is 27.5 Å². The van der Waals surface area contributed by atoms with Gasteiger partial charge in [-0.2, -0.15) is 0 Å². The molecule has 0 saturated heterocycles. The SMILES string of the molecule is OC1=C(n2c3ccccc3c3ccccc32)CC(O)C=C1. The van der Waals surface area contributed by atoms with Crippen LogP contribution in [0, 0.1) is 0 Å². The van der Waals surface area contributed by atoms with Gasteiger partial charge in [0.05, 0.1) is 22.8 Å². The Kier molecular flexibility index (Phi) is 2.62. The second-order valence-electron chi connectivity index (χ2n) is 5.33. The zero-order valence-electron chi connectivity index (χ0n) is 11.4. The maximum Gasteiger partial charge on any atom is 0.135 e. The largest absolute Gasteiger partial charge is 0.506 e. The van der Waals surface area contributed by atoms with Crippen LogP contribution in [-0.2, 0) is 0 Å². The molecule has 0 fully saturated rings. The molecule has 4 rings (SSSR count). The summed E-state index contributed by atoms with van der Waals surface area (Å²) in [6, 6.07) is 16.3. The molecular weight excluding hydrogens is 262 g/mol. The lowest BCUT2D eigenvalue weighted by Crippen LogP contribution is -2.13. The Morgan fingerprint density at radius 2 is 1.48 bits per heavy atom. The maximum atomic E-state index is 10.2. The lowest BCUT2D eigenvalue weighted by atomic mass is 10.1. The first-order valence-electron chi connectivity index (χ1n) is 7.02. The summed E-state index contributed by atoms with van der Waals surface area (Å²) in [7, 11) is 0. The zero-order chi connectivity index (χ0) is 14.4. The third-order valence-electron chi connectivity index (χ3n) is 4.02. The lowest BCUT2D eigenvalue weighted by molar-refractivity contribution is 0.223. The van der Waals surface area contributed by atoms with E-state index in [9.17, 15) is 10.2 Å². The van der Waals surface area contributed by atoms with Crippen LogP contribution in [0.25, 0.3) is 27.5 Å². The third-order valence-corrected chi connectivity index (χ3v) is 4.02. The van der Waals surface area contributed by atoms with Crippen LogP contribution in [-0.4, -0.2) is 20.9 Å². The van der Waals surface area contributed by atoms with Gasteiger partial charge in [0.15, 0.2) is 0 Å². The summed E-state index contributed by atoms with van der Waals surface area (Å²) in [5, 5.41) is 22.4. The number of fused-ring (bicyclic) bond motifs is 3. The van der Waals surface area contributed by atoms with E-state index in [4.69, 9.17) is 0 Å². The van der Waals surface area contributed by atoms with E-state index in [-0.39, 0.29) is 5.76 Å². The Balaban J connectivity index is 2.14. The van der Waals surface area contributed by atoms with Gasteiger partial charge in [-0.25, -0.2) is 0 Å². The van der Waals surface area contributed by atoms with Crippen LogP contribution in [0.4, 0.5) is 0 Å². The number of hydrogen-bond acceptors (Lipinski definition) is 2. The fourth-order valence-electron chi connectivity index (χ4n) is 3.09. The van der Waals surface area contributed by atoms with Gasteiger partial charge in [-0.1, -0.05) is 42.5 Å². The average molecular weight is 277 g/mol. The van der Waals surface area contributed by atoms with Gasteiger partial charge in [-0.3, -0.25) is 0 Å². The van der Waals surface area contributed by atoms with Crippen LogP contribution in [0.2, 0.25) is 0 Å². The van der Waals surface area contributed by atoms with Crippen molar-refractivity contribution >= 4 is 27.5 Å². The molecule has 3 nitrogen and oxygen atoms in total. The molecule has 0 saturated carbocycles. The van der Waals surface area contributed by atoms with E-state index in [1.807, 2.05) is 41.0 Å². The molecule has 0 radical (unpaired) electrons. The summed E-state index contributed by atoms with van der Waals surface area (Å²) in [6.45, 7) is 0. The molecule has 1 atom stereocenters. The molecule has 0 aliphatic heterocycles. The Labute approximate surface area is 122 Å². The van der Waals surface area contributed by atoms with Crippen molar-refractivity contribution in [2.24, 2.45) is 0 Å². The highest BCUT2D eigenvalue weighted by Gasteiger charge is 2.20. The molecule has 0 bridgehead atoms. The molecule has 3 heteroatoms. The van der Waals surface area contributed by atoms with E-state index in [0.29, 0.717) is 6.42 Å². The van der Waals surface area contributed by atoms with Gasteiger partial charge < -0.3 is 14.8 Å². The molecule has 1 heterocycles. The first-order chi connectivity index (χ1) is 10.3. The highest BCUT2D eigenvalue weighted by Crippen LogP contribution is 2.34. The van der Waals surface area contributed by atoms with Gasteiger partial charge in [-0.15, -0.1) is 0 Å². The zero-order valence-corrected chi connectivity index (χ0v) is 11.4. The van der Waals surface area contributed by atoms with Gasteiger partial charge >= 0.3 is 0 Å². The monoisotopic (exact) mass is 277 g/mol. The smallest absolute Gasteiger partial charge is 0.135 e. The minimum Gasteiger partial charge on any atom is -0.506 e. The van der Waals surface area contributed by atoms with Crippen molar-refractivity contribution in [3.8, 4) is 0 Å². The third kappa shape index (κ3) is 1.78. The molecule has 1 aliphatic rings. The maximum absolute atomic E-state index is 10.2. The van der Waals surface area contributed by atoms with Crippen molar-refractivity contribution < 1.29 is 10.2 Å². The van der Waals surface area contributed by atoms with Gasteiger partial charge in [0.2, 0.25) is 0 Å². The number of nitrogens with zero attached hydrogens (tertiary/aromatic N) is 1. The first-order valence-corrected chi connectivity index (χ1v) is 7.02. The quantitative estimate of drug-likeness (QED) is 0.710. The Hall–Kier alpha value is -2.52. The Bertz CT molecular complexity index is 849. The standard InChI is InChI=1S/C18H15NO2/c20-12-9-10-18(21)17(11-12)19-15-7-3-1-5-13(15)14-6-2-4-8-16(14)19/h1-10,12,20-21H,11H2. The number of para-hydroxylation sites is 2. The summed E-state index contributed by atoms with van der Waals surface area (Å²) in [4.78, 5) is 0. The van der Waals surface area contributed by atoms with Crippen molar-refractivity contribution in [3.63, 3.8) is 0 Å². The van der Waals surface area contributed by atoms with E-state index < -0.39 is 6.10 Å². The minimum atomic E-state index is -0.559. The molecule has 1 aromatic heterocycles. The number of benzene rings is 2. The molecule has 0 amide bonds. The second-order valence-corrected chi connectivity index (χ2v) is 5.33. The molecule has 104 valence electrons. The second kappa shape index (κ2) is 4.50. The van der Waals surface area contributed by atoms with Crippen molar-refractivity contribution in [1.82, 2.24) is 4.57 Å². The first kappa shape index (κ1) is 12.2. The molecule has 1 unspecified atom stereocenters. The number of rotatable bonds is 1. The normalized spacial score (nSPS) is 18.8. The molecule has 21 heavy (non-hydrogen) atoms. The van der Waals surface area contributed by atoms with Crippen LogP contribution in [0.5, 0.6) is 0 Å². The van der Waals surface area contributed by atoms with Gasteiger partial charge in [0, 0.05) is 17.2 Å². The van der Waals surface area contributed by atoms with Crippen LogP contribution in [0.3, 0.4) is 0 Å². The van der Waals surface area contributed by atoms with Crippen LogP contribution in [0.1, 0.15) is 6.42 Å². The van der Waals surface area contributed by atoms with Crippen molar-refractivity contribution in [3.05, 3.63) is 66.4 Å². The fraction of sp³-hybridized carbons (Fsp3) is 0.111. The van der Waals surface area contributed by atoms with Crippen LogP contribution in [0.15, 0.2) is 66.4 Å². The van der Waals surface area contributed by atoms with Crippen molar-refractivity contribution in [1.29, 1.82) is 0 Å². The number of aliphatic hydroxyl groups is 2. The number of aromatic nitrogens is 1. The number of hydrogen-bond donors (Lipinski definition) is 2. The van der Waals surface area contributed by atoms with Gasteiger partial charge in [0.25, 0.3) is 0 Å². The van der Waals surface area contributed by atoms with Crippen molar-refractivity contribution in [2.45, 2.75) is 12.5 Å². The summed E-state index contributed by atoms with van der Waals surface area (Å²) in [5.41, 5.74) is 2.83. The molecule has 0 spiro atoms. The average Bonchev–Trinajstić information content (AvgIpc) is 2.84. The lowest BCUT2D eigenvalue weighted by Gasteiger charge is -2.19. The van der Waals surface area contributed by atoms with Gasteiger partial charge in [-0.05, 0) is 18.2 Å². The minimum absolute atomic E-state index is 0.215. The topological polar surface area (TPSA) is 45.4 Å². The highest BCUT2D eigenvalue weighted by atomic mass is 16.3. The van der Waals surface area contributed by atoms with Crippen LogP contribution < -0.4 is 0 Å². The molecule has 3 aromatic rings. The van der Waals surface area contributed by atoms with E-state index in [1.165, 1.54) is 0 Å². The molecule has 1 aliphatic carbocycles. The molecular formula is C18H15NO2. The fourth-order valence-corrected chi connectivity index (χ4v) is 3.09. The van der Waals surface area contributed by atoms with E-state index in [1.54, 1.807) is 12.2 Å². The predicted octanol–water partition coefficient (Wildman–Crippen LogP) is 3.84. The molecule has 2 aromatic carbocycles. The summed E-state index contributed by atoms with van der Waals surface area (Å²) in [6.07, 6.45) is 3.04. The summed E-state index contributed by atoms with van der Waals surface area (Å²) < 4.78 is 2.05. The van der Waals surface area contributed by atoms with E-state index in [2.05, 4.69) is 12.1 Å². The van der Waals surface area contributed by atoms with Gasteiger partial charge in [0.1, 0.15) is 5.76 Å². The Morgan fingerprint density at radius 3 is 2.10 bits per heavy atom. The van der Waals surface area contributed by atoms with Crippen LogP contribution >= 0.6 is 0 Å². The summed E-state index contributed by atoms with van der Waals surface area (Å²) in [5.74, 6) is 0.215. The van der Waals surface area contributed by atoms with Crippen molar-refractivity contribution in [2.75, 3.05) is 0 Å². The predicted molar refractivity (Wildman–Crippen MR) is 85.1 cm³/mol. The highest BCUT2D eigenvalue weighted by molar-refractivity contribution is 6.10. The number of allylic oxidation sites excluding steroid dienone is 1. The Morgan fingerprint density at radius 1 is 0.905 bits per heavy atom. The number of aliphatic hydroxyl groups excluding tert-OH is 2. The summed E-state index contributed by atoms with van der Waals surface area (Å²) >= 11 is 0.